The van der Waals surface area contributed by atoms with Crippen molar-refractivity contribution in [2.45, 2.75) is 33.8 Å². The average Bonchev–Trinajstić information content (AvgIpc) is 2.93. The number of hydrogen-bond acceptors (Lipinski definition) is 5. The van der Waals surface area contributed by atoms with Crippen LogP contribution < -0.4 is 9.47 Å². The van der Waals surface area contributed by atoms with Crippen LogP contribution in [0, 0.1) is 6.92 Å². The van der Waals surface area contributed by atoms with Gasteiger partial charge in [0.05, 0.1) is 23.3 Å². The number of amides is 1. The van der Waals surface area contributed by atoms with Crippen molar-refractivity contribution >= 4 is 34.6 Å². The number of aryl methyl sites for hydroxylation is 1. The maximum atomic E-state index is 12.7. The largest absolute Gasteiger partial charge is 0.490 e. The van der Waals surface area contributed by atoms with Crippen molar-refractivity contribution in [3.8, 4) is 11.5 Å². The molecule has 2 aromatic rings. The first-order chi connectivity index (χ1) is 13.9. The molecule has 29 heavy (non-hydrogen) atoms. The van der Waals surface area contributed by atoms with Crippen molar-refractivity contribution in [3.63, 3.8) is 0 Å². The third kappa shape index (κ3) is 5.01. The van der Waals surface area contributed by atoms with Crippen molar-refractivity contribution in [1.82, 2.24) is 4.90 Å². The molecule has 1 fully saturated rings. The van der Waals surface area contributed by atoms with Crippen LogP contribution in [0.5, 0.6) is 11.5 Å². The molecule has 2 aromatic carbocycles. The molecule has 0 bridgehead atoms. The molecule has 1 aliphatic rings. The predicted molar refractivity (Wildman–Crippen MR) is 120 cm³/mol. The minimum Gasteiger partial charge on any atom is -0.490 e. The van der Waals surface area contributed by atoms with Crippen LogP contribution >= 0.6 is 11.8 Å². The molecule has 0 radical (unpaired) electrons. The van der Waals surface area contributed by atoms with E-state index in [2.05, 4.69) is 4.99 Å². The number of likely N-dealkylation sites (N-methyl/N-ethyl adjacent to an activating group) is 1. The van der Waals surface area contributed by atoms with Gasteiger partial charge in [-0.3, -0.25) is 9.69 Å². The molecule has 1 amide bonds. The minimum atomic E-state index is -0.0669. The third-order valence-corrected chi connectivity index (χ3v) is 5.32. The maximum Gasteiger partial charge on any atom is 0.266 e. The van der Waals surface area contributed by atoms with Gasteiger partial charge in [0.15, 0.2) is 16.7 Å². The monoisotopic (exact) mass is 410 g/mol. The molecule has 0 spiro atoms. The Morgan fingerprint density at radius 2 is 1.93 bits per heavy atom. The number of aliphatic imine (C=N–C) groups is 1. The molecule has 0 saturated carbocycles. The van der Waals surface area contributed by atoms with E-state index in [4.69, 9.17) is 9.47 Å². The zero-order valence-corrected chi connectivity index (χ0v) is 18.2. The number of thioether (sulfide) groups is 1. The zero-order valence-electron chi connectivity index (χ0n) is 17.4. The van der Waals surface area contributed by atoms with Crippen LogP contribution in [0.3, 0.4) is 0 Å². The highest BCUT2D eigenvalue weighted by molar-refractivity contribution is 8.18. The number of benzene rings is 2. The molecule has 5 nitrogen and oxygen atoms in total. The highest BCUT2D eigenvalue weighted by atomic mass is 32.2. The van der Waals surface area contributed by atoms with Crippen LogP contribution in [0.2, 0.25) is 0 Å². The second kappa shape index (κ2) is 9.18. The van der Waals surface area contributed by atoms with Gasteiger partial charge in [0, 0.05) is 7.05 Å². The van der Waals surface area contributed by atoms with Gasteiger partial charge in [-0.1, -0.05) is 24.3 Å². The van der Waals surface area contributed by atoms with Crippen LogP contribution in [-0.4, -0.2) is 35.7 Å². The Morgan fingerprint density at radius 1 is 1.17 bits per heavy atom. The molecule has 3 rings (SSSR count). The van der Waals surface area contributed by atoms with Crippen molar-refractivity contribution in [1.29, 1.82) is 0 Å². The average molecular weight is 411 g/mol. The van der Waals surface area contributed by atoms with E-state index in [0.29, 0.717) is 28.2 Å². The van der Waals surface area contributed by atoms with Crippen LogP contribution in [0.1, 0.15) is 31.9 Å². The first-order valence-electron chi connectivity index (χ1n) is 9.64. The molecule has 0 aliphatic carbocycles. The number of para-hydroxylation sites is 1. The molecule has 0 aromatic heterocycles. The van der Waals surface area contributed by atoms with Crippen molar-refractivity contribution in [2.24, 2.45) is 4.99 Å². The Kier molecular flexibility index (Phi) is 6.64. The summed E-state index contributed by atoms with van der Waals surface area (Å²) in [5.74, 6) is 1.31. The van der Waals surface area contributed by atoms with Gasteiger partial charge in [0.25, 0.3) is 5.91 Å². The second-order valence-corrected chi connectivity index (χ2v) is 7.97. The van der Waals surface area contributed by atoms with E-state index in [0.717, 1.165) is 16.8 Å². The molecule has 0 atom stereocenters. The number of carbonyl (C=O) groups is 1. The standard InChI is InChI=1S/C23H26N2O3S/c1-6-27-20-13-17(11-12-19(20)28-15(2)3)14-21-22(26)25(5)23(29-21)24-18-10-8-7-9-16(18)4/h7-15H,6H2,1-5H3/b21-14+,24-23?. The third-order valence-electron chi connectivity index (χ3n) is 4.26. The predicted octanol–water partition coefficient (Wildman–Crippen LogP) is 5.41. The molecule has 0 N–H and O–H groups in total. The van der Waals surface area contributed by atoms with Gasteiger partial charge in [0.1, 0.15) is 0 Å². The Balaban J connectivity index is 1.89. The number of nitrogens with zero attached hydrogens (tertiary/aromatic N) is 2. The summed E-state index contributed by atoms with van der Waals surface area (Å²) in [7, 11) is 1.75. The van der Waals surface area contributed by atoms with E-state index in [1.807, 2.05) is 76.2 Å². The van der Waals surface area contributed by atoms with Gasteiger partial charge in [-0.15, -0.1) is 0 Å². The van der Waals surface area contributed by atoms with Gasteiger partial charge in [0.2, 0.25) is 0 Å². The van der Waals surface area contributed by atoms with Crippen molar-refractivity contribution in [3.05, 3.63) is 58.5 Å². The smallest absolute Gasteiger partial charge is 0.266 e. The highest BCUT2D eigenvalue weighted by Crippen LogP contribution is 2.35. The Hall–Kier alpha value is -2.73. The van der Waals surface area contributed by atoms with Gasteiger partial charge >= 0.3 is 0 Å². The van der Waals surface area contributed by atoms with Crippen molar-refractivity contribution < 1.29 is 14.3 Å². The quantitative estimate of drug-likeness (QED) is 0.597. The molecule has 1 heterocycles. The molecule has 1 saturated heterocycles. The zero-order chi connectivity index (χ0) is 21.0. The van der Waals surface area contributed by atoms with Gasteiger partial charge in [-0.25, -0.2) is 4.99 Å². The number of ether oxygens (including phenoxy) is 2. The van der Waals surface area contributed by atoms with E-state index < -0.39 is 0 Å². The van der Waals surface area contributed by atoms with E-state index >= 15 is 0 Å². The van der Waals surface area contributed by atoms with Gasteiger partial charge in [-0.2, -0.15) is 0 Å². The summed E-state index contributed by atoms with van der Waals surface area (Å²) in [6, 6.07) is 13.6. The van der Waals surface area contributed by atoms with Gasteiger partial charge in [-0.05, 0) is 74.9 Å². The lowest BCUT2D eigenvalue weighted by Gasteiger charge is -2.15. The summed E-state index contributed by atoms with van der Waals surface area (Å²) in [5.41, 5.74) is 2.82. The summed E-state index contributed by atoms with van der Waals surface area (Å²) in [4.78, 5) is 19.6. The molecular weight excluding hydrogens is 384 g/mol. The number of rotatable bonds is 6. The van der Waals surface area contributed by atoms with Crippen LogP contribution in [0.4, 0.5) is 5.69 Å². The Labute approximate surface area is 176 Å². The number of amidine groups is 1. The SMILES string of the molecule is CCOc1cc(/C=C2/SC(=Nc3ccccc3C)N(C)C2=O)ccc1OC(C)C. The van der Waals surface area contributed by atoms with E-state index in [9.17, 15) is 4.79 Å². The summed E-state index contributed by atoms with van der Waals surface area (Å²) >= 11 is 1.37. The lowest BCUT2D eigenvalue weighted by Crippen LogP contribution is -2.23. The van der Waals surface area contributed by atoms with E-state index in [1.165, 1.54) is 11.8 Å². The fourth-order valence-electron chi connectivity index (χ4n) is 2.83. The minimum absolute atomic E-state index is 0.0549. The molecular formula is C23H26N2O3S. The van der Waals surface area contributed by atoms with Crippen LogP contribution in [-0.2, 0) is 4.79 Å². The van der Waals surface area contributed by atoms with Gasteiger partial charge < -0.3 is 9.47 Å². The fourth-order valence-corrected chi connectivity index (χ4v) is 3.81. The first kappa shape index (κ1) is 21.0. The Morgan fingerprint density at radius 3 is 2.62 bits per heavy atom. The summed E-state index contributed by atoms with van der Waals surface area (Å²) in [6.07, 6.45) is 1.92. The number of hydrogen-bond donors (Lipinski definition) is 0. The Bertz CT molecular complexity index is 966. The normalized spacial score (nSPS) is 16.9. The lowest BCUT2D eigenvalue weighted by atomic mass is 10.2. The lowest BCUT2D eigenvalue weighted by molar-refractivity contribution is -0.121. The van der Waals surface area contributed by atoms with Crippen LogP contribution in [0.25, 0.3) is 6.08 Å². The first-order valence-corrected chi connectivity index (χ1v) is 10.5. The second-order valence-electron chi connectivity index (χ2n) is 6.96. The summed E-state index contributed by atoms with van der Waals surface area (Å²) < 4.78 is 11.5. The summed E-state index contributed by atoms with van der Waals surface area (Å²) in [6.45, 7) is 8.44. The highest BCUT2D eigenvalue weighted by Gasteiger charge is 2.30. The van der Waals surface area contributed by atoms with Crippen LogP contribution in [0.15, 0.2) is 52.4 Å². The molecule has 0 unspecified atom stereocenters. The fraction of sp³-hybridized carbons (Fsp3) is 0.304. The topological polar surface area (TPSA) is 51.1 Å². The maximum absolute atomic E-state index is 12.7. The molecule has 1 aliphatic heterocycles. The van der Waals surface area contributed by atoms with E-state index in [-0.39, 0.29) is 12.0 Å². The van der Waals surface area contributed by atoms with E-state index in [1.54, 1.807) is 11.9 Å². The molecule has 152 valence electrons. The summed E-state index contributed by atoms with van der Waals surface area (Å²) in [5, 5.41) is 0.667. The molecule has 6 heteroatoms. The number of carbonyl (C=O) groups excluding carboxylic acids is 1. The van der Waals surface area contributed by atoms with Crippen molar-refractivity contribution in [2.75, 3.05) is 13.7 Å².